The van der Waals surface area contributed by atoms with Crippen LogP contribution in [-0.2, 0) is 16.9 Å². The molecule has 1 aromatic carbocycles. The molecule has 0 radical (unpaired) electrons. The Hall–Kier alpha value is -2.20. The number of aryl methyl sites for hydroxylation is 1. The molecular weight excluding hydrogens is 402 g/mol. The van der Waals surface area contributed by atoms with E-state index in [2.05, 4.69) is 4.98 Å². The third-order valence-electron chi connectivity index (χ3n) is 4.30. The van der Waals surface area contributed by atoms with Crippen molar-refractivity contribution in [1.82, 2.24) is 14.5 Å². The smallest absolute Gasteiger partial charge is 0.339 e. The van der Waals surface area contributed by atoms with Gasteiger partial charge in [-0.1, -0.05) is 12.1 Å². The highest BCUT2D eigenvalue weighted by Gasteiger charge is 2.33. The van der Waals surface area contributed by atoms with E-state index >= 15 is 0 Å². The van der Waals surface area contributed by atoms with Gasteiger partial charge in [-0.3, -0.25) is 4.79 Å². The maximum atomic E-state index is 12.9. The number of imidazole rings is 1. The predicted octanol–water partition coefficient (Wildman–Crippen LogP) is 1.80. The minimum Gasteiger partial charge on any atom is -0.339 e. The number of hydrogen-bond acceptors (Lipinski definition) is 5. The lowest BCUT2D eigenvalue weighted by atomic mass is 10.2. The summed E-state index contributed by atoms with van der Waals surface area (Å²) in [4.78, 5) is 19.8. The van der Waals surface area contributed by atoms with Crippen LogP contribution in [-0.4, -0.2) is 60.7 Å². The molecule has 1 aliphatic rings. The van der Waals surface area contributed by atoms with Gasteiger partial charge in [0.15, 0.2) is 0 Å². The number of alkyl halides is 2. The molecule has 11 heteroatoms. The van der Waals surface area contributed by atoms with Crippen molar-refractivity contribution in [3.05, 3.63) is 42.2 Å². The molecule has 1 fully saturated rings. The quantitative estimate of drug-likeness (QED) is 0.754. The lowest BCUT2D eigenvalue weighted by Gasteiger charge is -2.35. The SMILES string of the molecule is Cl.Cn1ccnc1N1CCN(C(=O)c2ccccc2S(=O)(=O)C(F)F)CC1. The van der Waals surface area contributed by atoms with E-state index in [1.54, 1.807) is 6.20 Å². The topological polar surface area (TPSA) is 75.5 Å². The Labute approximate surface area is 161 Å². The number of carbonyl (C=O) groups is 1. The molecule has 27 heavy (non-hydrogen) atoms. The second-order valence-corrected chi connectivity index (χ2v) is 7.81. The number of nitrogens with zero attached hydrogens (tertiary/aromatic N) is 4. The molecule has 1 aliphatic heterocycles. The number of amides is 1. The fraction of sp³-hybridized carbons (Fsp3) is 0.375. The molecule has 0 N–H and O–H groups in total. The molecule has 3 rings (SSSR count). The van der Waals surface area contributed by atoms with Crippen LogP contribution in [0.1, 0.15) is 10.4 Å². The summed E-state index contributed by atoms with van der Waals surface area (Å²) in [6.07, 6.45) is 3.50. The first-order valence-electron chi connectivity index (χ1n) is 7.95. The minimum atomic E-state index is -4.85. The third-order valence-corrected chi connectivity index (χ3v) is 5.74. The summed E-state index contributed by atoms with van der Waals surface area (Å²) in [5, 5.41) is 0. The summed E-state index contributed by atoms with van der Waals surface area (Å²) < 4.78 is 51.4. The number of benzene rings is 1. The molecule has 0 spiro atoms. The molecule has 7 nitrogen and oxygen atoms in total. The summed E-state index contributed by atoms with van der Waals surface area (Å²) in [6, 6.07) is 5.09. The van der Waals surface area contributed by atoms with Gasteiger partial charge in [0.25, 0.3) is 5.91 Å². The Kier molecular flexibility index (Phi) is 6.42. The lowest BCUT2D eigenvalue weighted by Crippen LogP contribution is -2.49. The first kappa shape index (κ1) is 21.1. The van der Waals surface area contributed by atoms with Gasteiger partial charge in [0.2, 0.25) is 15.8 Å². The Morgan fingerprint density at radius 3 is 2.33 bits per heavy atom. The Bertz CT molecular complexity index is 912. The van der Waals surface area contributed by atoms with Gasteiger partial charge in [-0.25, -0.2) is 13.4 Å². The summed E-state index contributed by atoms with van der Waals surface area (Å²) in [5.74, 6) is -3.36. The summed E-state index contributed by atoms with van der Waals surface area (Å²) in [6.45, 7) is 1.71. The average Bonchev–Trinajstić information content (AvgIpc) is 3.07. The van der Waals surface area contributed by atoms with Crippen LogP contribution in [0.4, 0.5) is 14.7 Å². The second kappa shape index (κ2) is 8.22. The number of rotatable bonds is 4. The van der Waals surface area contributed by atoms with Crippen LogP contribution in [0, 0.1) is 0 Å². The number of piperazine rings is 1. The molecule has 2 heterocycles. The fourth-order valence-electron chi connectivity index (χ4n) is 2.93. The van der Waals surface area contributed by atoms with E-state index in [1.807, 2.05) is 22.7 Å². The highest BCUT2D eigenvalue weighted by molar-refractivity contribution is 7.91. The number of halogens is 3. The summed E-state index contributed by atoms with van der Waals surface area (Å²) >= 11 is 0. The van der Waals surface area contributed by atoms with Crippen LogP contribution in [0.5, 0.6) is 0 Å². The molecule has 1 saturated heterocycles. The maximum Gasteiger partial charge on any atom is 0.341 e. The van der Waals surface area contributed by atoms with E-state index < -0.39 is 26.4 Å². The largest absolute Gasteiger partial charge is 0.341 e. The molecule has 0 saturated carbocycles. The first-order valence-corrected chi connectivity index (χ1v) is 9.49. The monoisotopic (exact) mass is 420 g/mol. The van der Waals surface area contributed by atoms with Crippen molar-refractivity contribution in [3.8, 4) is 0 Å². The van der Waals surface area contributed by atoms with E-state index in [0.29, 0.717) is 26.2 Å². The summed E-state index contributed by atoms with van der Waals surface area (Å²) in [7, 11) is -2.98. The van der Waals surface area contributed by atoms with Crippen molar-refractivity contribution in [3.63, 3.8) is 0 Å². The van der Waals surface area contributed by atoms with Crippen LogP contribution in [0.15, 0.2) is 41.6 Å². The van der Waals surface area contributed by atoms with Gasteiger partial charge >= 0.3 is 5.76 Å². The first-order chi connectivity index (χ1) is 12.3. The number of sulfone groups is 1. The number of carbonyl (C=O) groups excluding carboxylic acids is 1. The van der Waals surface area contributed by atoms with E-state index in [0.717, 1.165) is 12.0 Å². The van der Waals surface area contributed by atoms with E-state index in [9.17, 15) is 22.0 Å². The molecule has 1 aromatic heterocycles. The van der Waals surface area contributed by atoms with Gasteiger partial charge in [0.05, 0.1) is 10.5 Å². The highest BCUT2D eigenvalue weighted by atomic mass is 35.5. The van der Waals surface area contributed by atoms with Gasteiger partial charge in [0, 0.05) is 45.6 Å². The van der Waals surface area contributed by atoms with Crippen LogP contribution in [0.25, 0.3) is 0 Å². The van der Waals surface area contributed by atoms with Gasteiger partial charge in [-0.05, 0) is 12.1 Å². The number of hydrogen-bond donors (Lipinski definition) is 0. The fourth-order valence-corrected chi connectivity index (χ4v) is 3.85. The summed E-state index contributed by atoms with van der Waals surface area (Å²) in [5.41, 5.74) is -0.224. The van der Waals surface area contributed by atoms with Crippen molar-refractivity contribution in [1.29, 1.82) is 0 Å². The van der Waals surface area contributed by atoms with Gasteiger partial charge < -0.3 is 14.4 Å². The van der Waals surface area contributed by atoms with Gasteiger partial charge in [-0.2, -0.15) is 8.78 Å². The zero-order chi connectivity index (χ0) is 18.9. The Balaban J connectivity index is 0.00000261. The molecule has 148 valence electrons. The molecule has 0 bridgehead atoms. The molecule has 0 unspecified atom stereocenters. The zero-order valence-corrected chi connectivity index (χ0v) is 16.1. The number of anilines is 1. The number of aromatic nitrogens is 2. The van der Waals surface area contributed by atoms with Crippen LogP contribution < -0.4 is 4.90 Å². The normalized spacial score (nSPS) is 15.0. The van der Waals surface area contributed by atoms with E-state index in [1.165, 1.54) is 23.1 Å². The lowest BCUT2D eigenvalue weighted by molar-refractivity contribution is 0.0742. The van der Waals surface area contributed by atoms with Crippen LogP contribution in [0.2, 0.25) is 0 Å². The van der Waals surface area contributed by atoms with Crippen molar-refractivity contribution < 1.29 is 22.0 Å². The predicted molar refractivity (Wildman–Crippen MR) is 98.2 cm³/mol. The average molecular weight is 421 g/mol. The van der Waals surface area contributed by atoms with Crippen molar-refractivity contribution >= 4 is 34.1 Å². The maximum absolute atomic E-state index is 12.9. The Morgan fingerprint density at radius 2 is 1.78 bits per heavy atom. The van der Waals surface area contributed by atoms with Crippen molar-refractivity contribution in [2.45, 2.75) is 10.7 Å². The molecule has 2 aromatic rings. The third kappa shape index (κ3) is 4.06. The Morgan fingerprint density at radius 1 is 1.15 bits per heavy atom. The van der Waals surface area contributed by atoms with Crippen LogP contribution >= 0.6 is 12.4 Å². The second-order valence-electron chi connectivity index (χ2n) is 5.92. The van der Waals surface area contributed by atoms with E-state index in [4.69, 9.17) is 0 Å². The van der Waals surface area contributed by atoms with E-state index in [-0.39, 0.29) is 18.0 Å². The molecule has 0 aliphatic carbocycles. The van der Waals surface area contributed by atoms with Gasteiger partial charge in [-0.15, -0.1) is 12.4 Å². The minimum absolute atomic E-state index is 0. The highest BCUT2D eigenvalue weighted by Crippen LogP contribution is 2.24. The van der Waals surface area contributed by atoms with Crippen molar-refractivity contribution in [2.24, 2.45) is 7.05 Å². The zero-order valence-electron chi connectivity index (χ0n) is 14.5. The standard InChI is InChI=1S/C16H18F2N4O3S.ClH/c1-20-7-6-19-16(20)22-10-8-21(9-11-22)14(23)12-4-2-3-5-13(12)26(24,25)15(17)18;/h2-7,15H,8-11H2,1H3;1H. The van der Waals surface area contributed by atoms with Crippen molar-refractivity contribution in [2.75, 3.05) is 31.1 Å². The van der Waals surface area contributed by atoms with Crippen LogP contribution in [0.3, 0.4) is 0 Å². The van der Waals surface area contributed by atoms with Gasteiger partial charge in [0.1, 0.15) is 0 Å². The molecule has 0 atom stereocenters. The molecular formula is C16H19ClF2N4O3S. The molecule has 1 amide bonds.